The SMILES string of the molecule is OCC[C@H]1CN2CCC[C@@H]2CN1Cc1cccc(Oc2ccccc2)c1. The van der Waals surface area contributed by atoms with Crippen molar-refractivity contribution in [2.24, 2.45) is 0 Å². The standard InChI is InChI=1S/C22H28N2O2/c25-13-11-20-16-23-12-5-7-19(23)17-24(20)15-18-6-4-10-22(14-18)26-21-8-2-1-3-9-21/h1-4,6,8-10,14,19-20,25H,5,7,11-13,15-17H2/t19-,20+/m1/s1. The van der Waals surface area contributed by atoms with Crippen LogP contribution in [0.4, 0.5) is 0 Å². The molecule has 2 atom stereocenters. The number of para-hydroxylation sites is 1. The molecule has 0 radical (unpaired) electrons. The fourth-order valence-electron chi connectivity index (χ4n) is 4.33. The zero-order valence-corrected chi connectivity index (χ0v) is 15.3. The van der Waals surface area contributed by atoms with Crippen LogP contribution < -0.4 is 4.74 Å². The molecular weight excluding hydrogens is 324 g/mol. The van der Waals surface area contributed by atoms with Crippen LogP contribution in [0.25, 0.3) is 0 Å². The number of benzene rings is 2. The molecule has 4 nitrogen and oxygen atoms in total. The Labute approximate surface area is 156 Å². The first kappa shape index (κ1) is 17.5. The normalized spacial score (nSPS) is 23.7. The van der Waals surface area contributed by atoms with Crippen LogP contribution in [0.5, 0.6) is 11.5 Å². The molecule has 2 aliphatic heterocycles. The second-order valence-electron chi connectivity index (χ2n) is 7.45. The van der Waals surface area contributed by atoms with E-state index >= 15 is 0 Å². The summed E-state index contributed by atoms with van der Waals surface area (Å²) >= 11 is 0. The number of aliphatic hydroxyl groups is 1. The molecule has 2 aromatic carbocycles. The number of ether oxygens (including phenoxy) is 1. The first-order valence-corrected chi connectivity index (χ1v) is 9.72. The van der Waals surface area contributed by atoms with Crippen molar-refractivity contribution < 1.29 is 9.84 Å². The van der Waals surface area contributed by atoms with Crippen LogP contribution in [0.15, 0.2) is 54.6 Å². The monoisotopic (exact) mass is 352 g/mol. The first-order chi connectivity index (χ1) is 12.8. The van der Waals surface area contributed by atoms with Crippen molar-refractivity contribution in [3.05, 3.63) is 60.2 Å². The van der Waals surface area contributed by atoms with Crippen molar-refractivity contribution in [2.45, 2.75) is 37.9 Å². The van der Waals surface area contributed by atoms with E-state index in [2.05, 4.69) is 28.0 Å². The van der Waals surface area contributed by atoms with Gasteiger partial charge in [0, 0.05) is 38.3 Å². The molecule has 4 heteroatoms. The quantitative estimate of drug-likeness (QED) is 0.863. The molecule has 0 unspecified atom stereocenters. The minimum atomic E-state index is 0.261. The van der Waals surface area contributed by atoms with Gasteiger partial charge in [-0.15, -0.1) is 0 Å². The van der Waals surface area contributed by atoms with E-state index in [1.807, 2.05) is 36.4 Å². The van der Waals surface area contributed by atoms with E-state index in [0.29, 0.717) is 12.1 Å². The van der Waals surface area contributed by atoms with E-state index in [1.54, 1.807) is 0 Å². The highest BCUT2D eigenvalue weighted by Crippen LogP contribution is 2.28. The number of rotatable bonds is 6. The lowest BCUT2D eigenvalue weighted by atomic mass is 10.0. The van der Waals surface area contributed by atoms with Crippen LogP contribution in [-0.2, 0) is 6.54 Å². The minimum absolute atomic E-state index is 0.261. The molecule has 0 aromatic heterocycles. The summed E-state index contributed by atoms with van der Waals surface area (Å²) in [5, 5.41) is 9.49. The fraction of sp³-hybridized carbons (Fsp3) is 0.455. The van der Waals surface area contributed by atoms with E-state index in [4.69, 9.17) is 4.74 Å². The van der Waals surface area contributed by atoms with Gasteiger partial charge in [0.25, 0.3) is 0 Å². The summed E-state index contributed by atoms with van der Waals surface area (Å²) < 4.78 is 5.99. The van der Waals surface area contributed by atoms with Crippen LogP contribution in [0, 0.1) is 0 Å². The molecule has 2 aliphatic rings. The molecule has 1 N–H and O–H groups in total. The molecule has 2 aromatic rings. The van der Waals surface area contributed by atoms with Gasteiger partial charge in [-0.25, -0.2) is 0 Å². The van der Waals surface area contributed by atoms with Gasteiger partial charge < -0.3 is 9.84 Å². The van der Waals surface area contributed by atoms with Crippen molar-refractivity contribution >= 4 is 0 Å². The Balaban J connectivity index is 1.46. The number of hydrogen-bond acceptors (Lipinski definition) is 4. The predicted molar refractivity (Wildman–Crippen MR) is 103 cm³/mol. The average molecular weight is 352 g/mol. The number of fused-ring (bicyclic) bond motifs is 1. The van der Waals surface area contributed by atoms with Crippen LogP contribution in [0.3, 0.4) is 0 Å². The zero-order valence-electron chi connectivity index (χ0n) is 15.3. The number of nitrogens with zero attached hydrogens (tertiary/aromatic N) is 2. The summed E-state index contributed by atoms with van der Waals surface area (Å²) in [4.78, 5) is 5.18. The Morgan fingerprint density at radius 1 is 1.00 bits per heavy atom. The summed E-state index contributed by atoms with van der Waals surface area (Å²) in [5.41, 5.74) is 1.27. The van der Waals surface area contributed by atoms with Gasteiger partial charge >= 0.3 is 0 Å². The van der Waals surface area contributed by atoms with E-state index in [1.165, 1.54) is 24.9 Å². The van der Waals surface area contributed by atoms with Crippen LogP contribution in [0.2, 0.25) is 0 Å². The molecule has 0 amide bonds. The summed E-state index contributed by atoms with van der Waals surface area (Å²) in [5.74, 6) is 1.74. The number of hydrogen-bond donors (Lipinski definition) is 1. The topological polar surface area (TPSA) is 35.9 Å². The van der Waals surface area contributed by atoms with E-state index in [0.717, 1.165) is 37.6 Å². The smallest absolute Gasteiger partial charge is 0.127 e. The lowest BCUT2D eigenvalue weighted by Gasteiger charge is -2.43. The molecule has 0 spiro atoms. The van der Waals surface area contributed by atoms with Gasteiger partial charge in [0.2, 0.25) is 0 Å². The molecule has 2 heterocycles. The molecule has 0 bridgehead atoms. The average Bonchev–Trinajstić information content (AvgIpc) is 3.11. The molecule has 26 heavy (non-hydrogen) atoms. The maximum Gasteiger partial charge on any atom is 0.127 e. The third-order valence-electron chi connectivity index (χ3n) is 5.63. The largest absolute Gasteiger partial charge is 0.457 e. The Morgan fingerprint density at radius 2 is 1.85 bits per heavy atom. The van der Waals surface area contributed by atoms with Crippen molar-refractivity contribution in [2.75, 3.05) is 26.2 Å². The van der Waals surface area contributed by atoms with Crippen molar-refractivity contribution in [3.63, 3.8) is 0 Å². The van der Waals surface area contributed by atoms with E-state index in [-0.39, 0.29) is 6.61 Å². The highest BCUT2D eigenvalue weighted by Gasteiger charge is 2.35. The summed E-state index contributed by atoms with van der Waals surface area (Å²) in [6, 6.07) is 19.4. The first-order valence-electron chi connectivity index (χ1n) is 9.72. The number of aliphatic hydroxyl groups excluding tert-OH is 1. The maximum atomic E-state index is 9.49. The molecule has 0 aliphatic carbocycles. The Kier molecular flexibility index (Phi) is 5.54. The minimum Gasteiger partial charge on any atom is -0.457 e. The van der Waals surface area contributed by atoms with Gasteiger partial charge in [0.1, 0.15) is 11.5 Å². The lowest BCUT2D eigenvalue weighted by Crippen LogP contribution is -2.55. The van der Waals surface area contributed by atoms with Crippen molar-refractivity contribution in [1.29, 1.82) is 0 Å². The van der Waals surface area contributed by atoms with Crippen LogP contribution >= 0.6 is 0 Å². The van der Waals surface area contributed by atoms with E-state index < -0.39 is 0 Å². The fourth-order valence-corrected chi connectivity index (χ4v) is 4.33. The Bertz CT molecular complexity index is 706. The second-order valence-corrected chi connectivity index (χ2v) is 7.45. The van der Waals surface area contributed by atoms with E-state index in [9.17, 15) is 5.11 Å². The van der Waals surface area contributed by atoms with Crippen molar-refractivity contribution in [1.82, 2.24) is 9.80 Å². The van der Waals surface area contributed by atoms with Gasteiger partial charge in [-0.1, -0.05) is 30.3 Å². The number of piperazine rings is 1. The zero-order chi connectivity index (χ0) is 17.8. The van der Waals surface area contributed by atoms with Gasteiger partial charge in [-0.3, -0.25) is 9.80 Å². The van der Waals surface area contributed by atoms with Gasteiger partial charge in [0.15, 0.2) is 0 Å². The van der Waals surface area contributed by atoms with Gasteiger partial charge in [-0.2, -0.15) is 0 Å². The van der Waals surface area contributed by atoms with Crippen LogP contribution in [-0.4, -0.2) is 53.2 Å². The molecular formula is C22H28N2O2. The predicted octanol–water partition coefficient (Wildman–Crippen LogP) is 3.51. The van der Waals surface area contributed by atoms with Crippen molar-refractivity contribution in [3.8, 4) is 11.5 Å². The lowest BCUT2D eigenvalue weighted by molar-refractivity contribution is 0.0333. The second kappa shape index (κ2) is 8.21. The Morgan fingerprint density at radius 3 is 2.69 bits per heavy atom. The summed E-state index contributed by atoms with van der Waals surface area (Å²) in [6.07, 6.45) is 3.47. The van der Waals surface area contributed by atoms with Gasteiger partial charge in [-0.05, 0) is 55.6 Å². The molecule has 138 valence electrons. The third kappa shape index (κ3) is 4.09. The summed E-state index contributed by atoms with van der Waals surface area (Å²) in [6.45, 7) is 4.60. The van der Waals surface area contributed by atoms with Crippen LogP contribution in [0.1, 0.15) is 24.8 Å². The molecule has 2 saturated heterocycles. The molecule has 0 saturated carbocycles. The van der Waals surface area contributed by atoms with Gasteiger partial charge in [0.05, 0.1) is 0 Å². The third-order valence-corrected chi connectivity index (χ3v) is 5.63. The highest BCUT2D eigenvalue weighted by atomic mass is 16.5. The maximum absolute atomic E-state index is 9.49. The Hall–Kier alpha value is -1.88. The molecule has 2 fully saturated rings. The molecule has 4 rings (SSSR count). The highest BCUT2D eigenvalue weighted by molar-refractivity contribution is 5.33. The summed E-state index contributed by atoms with van der Waals surface area (Å²) in [7, 11) is 0.